The van der Waals surface area contributed by atoms with Crippen LogP contribution in [-0.2, 0) is 16.1 Å². The molecule has 26 heavy (non-hydrogen) atoms. The van der Waals surface area contributed by atoms with Crippen LogP contribution in [-0.4, -0.2) is 27.6 Å². The first-order valence-corrected chi connectivity index (χ1v) is 9.72. The van der Waals surface area contributed by atoms with Gasteiger partial charge in [0.05, 0.1) is 19.0 Å². The van der Waals surface area contributed by atoms with E-state index in [4.69, 9.17) is 4.74 Å². The van der Waals surface area contributed by atoms with Crippen LogP contribution in [0.25, 0.3) is 10.9 Å². The maximum Gasteiger partial charge on any atom is 0.306 e. The highest BCUT2D eigenvalue weighted by molar-refractivity contribution is 9.10. The molecule has 0 N–H and O–H groups in total. The van der Waals surface area contributed by atoms with E-state index in [0.717, 1.165) is 34.5 Å². The molecule has 0 saturated carbocycles. The number of nitrogens with zero attached hydrogens (tertiary/aromatic N) is 3. The van der Waals surface area contributed by atoms with E-state index in [1.54, 1.807) is 24.5 Å². The normalized spacial score (nSPS) is 16.0. The van der Waals surface area contributed by atoms with Gasteiger partial charge < -0.3 is 9.30 Å². The minimum atomic E-state index is -0.298. The van der Waals surface area contributed by atoms with E-state index in [2.05, 4.69) is 30.5 Å². The lowest BCUT2D eigenvalue weighted by molar-refractivity contribution is -0.141. The Balaban J connectivity index is 1.90. The molecule has 1 aromatic carbocycles. The van der Waals surface area contributed by atoms with Gasteiger partial charge in [-0.2, -0.15) is 0 Å². The molecule has 2 aromatic heterocycles. The van der Waals surface area contributed by atoms with Crippen LogP contribution in [0.1, 0.15) is 24.5 Å². The van der Waals surface area contributed by atoms with Crippen molar-refractivity contribution in [3.8, 4) is 0 Å². The average Bonchev–Trinajstić information content (AvgIpc) is 3.16. The standard InChI is InChI=1S/C18H15BrFN3O2S/c1-25-14(24)7-10-3-6-23-13-9-11(20)8-12(19)15(13)17(16(10)23)26-18-21-4-2-5-22-18/h2,4-5,8-10H,3,6-7H2,1H3. The van der Waals surface area contributed by atoms with Crippen LogP contribution in [0.4, 0.5) is 4.39 Å². The van der Waals surface area contributed by atoms with Gasteiger partial charge in [0.1, 0.15) is 5.82 Å². The molecule has 1 aliphatic rings. The Hall–Kier alpha value is -1.93. The quantitative estimate of drug-likeness (QED) is 0.444. The van der Waals surface area contributed by atoms with E-state index in [1.807, 2.05) is 0 Å². The number of rotatable bonds is 4. The molecule has 0 aliphatic carbocycles. The first kappa shape index (κ1) is 17.5. The summed E-state index contributed by atoms with van der Waals surface area (Å²) in [5, 5.41) is 1.54. The van der Waals surface area contributed by atoms with Crippen LogP contribution in [0.5, 0.6) is 0 Å². The molecule has 0 spiro atoms. The molecular weight excluding hydrogens is 421 g/mol. The number of aromatic nitrogens is 3. The van der Waals surface area contributed by atoms with Crippen LogP contribution >= 0.6 is 27.7 Å². The van der Waals surface area contributed by atoms with E-state index in [-0.39, 0.29) is 17.7 Å². The average molecular weight is 436 g/mol. The largest absolute Gasteiger partial charge is 0.469 e. The molecule has 0 fully saturated rings. The monoisotopic (exact) mass is 435 g/mol. The molecule has 4 rings (SSSR count). The smallest absolute Gasteiger partial charge is 0.306 e. The Bertz CT molecular complexity index is 993. The summed E-state index contributed by atoms with van der Waals surface area (Å²) in [7, 11) is 1.40. The van der Waals surface area contributed by atoms with Gasteiger partial charge in [0, 0.05) is 45.3 Å². The molecule has 0 bridgehead atoms. The number of benzene rings is 1. The lowest BCUT2D eigenvalue weighted by atomic mass is 10.00. The molecule has 1 atom stereocenters. The summed E-state index contributed by atoms with van der Waals surface area (Å²) >= 11 is 4.94. The third kappa shape index (κ3) is 3.01. The molecule has 1 unspecified atom stereocenters. The molecule has 5 nitrogen and oxygen atoms in total. The molecule has 0 amide bonds. The summed E-state index contributed by atoms with van der Waals surface area (Å²) in [6.45, 7) is 0.736. The third-order valence-electron chi connectivity index (χ3n) is 4.54. The van der Waals surface area contributed by atoms with Crippen LogP contribution in [0.3, 0.4) is 0 Å². The van der Waals surface area contributed by atoms with Gasteiger partial charge in [-0.3, -0.25) is 4.79 Å². The summed E-state index contributed by atoms with van der Waals surface area (Å²) in [4.78, 5) is 21.4. The van der Waals surface area contributed by atoms with Crippen molar-refractivity contribution >= 4 is 44.6 Å². The van der Waals surface area contributed by atoms with Gasteiger partial charge in [0.15, 0.2) is 5.16 Å². The summed E-state index contributed by atoms with van der Waals surface area (Å²) in [6, 6.07) is 4.76. The third-order valence-corrected chi connectivity index (χ3v) is 6.18. The molecular formula is C18H15BrFN3O2S. The highest BCUT2D eigenvalue weighted by atomic mass is 79.9. The van der Waals surface area contributed by atoms with Crippen LogP contribution in [0.15, 0.2) is 45.1 Å². The number of carbonyl (C=O) groups is 1. The van der Waals surface area contributed by atoms with Crippen molar-refractivity contribution in [3.63, 3.8) is 0 Å². The Labute approximate surface area is 162 Å². The van der Waals surface area contributed by atoms with Gasteiger partial charge in [-0.1, -0.05) is 0 Å². The van der Waals surface area contributed by atoms with Gasteiger partial charge >= 0.3 is 5.97 Å². The number of ether oxygens (including phenoxy) is 1. The van der Waals surface area contributed by atoms with Crippen molar-refractivity contribution in [2.75, 3.05) is 7.11 Å². The number of hydrogen-bond donors (Lipinski definition) is 0. The second-order valence-corrected chi connectivity index (χ2v) is 7.88. The van der Waals surface area contributed by atoms with Gasteiger partial charge in [-0.25, -0.2) is 14.4 Å². The number of methoxy groups -OCH3 is 1. The Kier molecular flexibility index (Phi) is 4.71. The van der Waals surface area contributed by atoms with Crippen LogP contribution in [0, 0.1) is 5.82 Å². The van der Waals surface area contributed by atoms with E-state index in [1.165, 1.54) is 24.9 Å². The van der Waals surface area contributed by atoms with Crippen molar-refractivity contribution in [2.24, 2.45) is 0 Å². The fourth-order valence-corrected chi connectivity index (χ4v) is 5.32. The lowest BCUT2D eigenvalue weighted by Gasteiger charge is -2.11. The lowest BCUT2D eigenvalue weighted by Crippen LogP contribution is -2.07. The van der Waals surface area contributed by atoms with E-state index in [0.29, 0.717) is 16.0 Å². The summed E-state index contributed by atoms with van der Waals surface area (Å²) in [6.07, 6.45) is 4.50. The van der Waals surface area contributed by atoms with Crippen molar-refractivity contribution in [2.45, 2.75) is 35.4 Å². The number of fused-ring (bicyclic) bond motifs is 3. The molecule has 8 heteroatoms. The topological polar surface area (TPSA) is 57.0 Å². The van der Waals surface area contributed by atoms with E-state index < -0.39 is 0 Å². The van der Waals surface area contributed by atoms with Crippen molar-refractivity contribution in [1.29, 1.82) is 0 Å². The first-order chi connectivity index (χ1) is 12.6. The number of aryl methyl sites for hydroxylation is 1. The molecule has 0 saturated heterocycles. The highest BCUT2D eigenvalue weighted by Gasteiger charge is 2.33. The fourth-order valence-electron chi connectivity index (χ4n) is 3.46. The number of carbonyl (C=O) groups excluding carboxylic acids is 1. The SMILES string of the molecule is COC(=O)CC1CCn2c1c(Sc1ncccn1)c1c(Br)cc(F)cc12. The van der Waals surface area contributed by atoms with Crippen LogP contribution in [0.2, 0.25) is 0 Å². The molecule has 3 aromatic rings. The van der Waals surface area contributed by atoms with Gasteiger partial charge in [0.2, 0.25) is 0 Å². The van der Waals surface area contributed by atoms with Gasteiger partial charge in [-0.05, 0) is 52.3 Å². The highest BCUT2D eigenvalue weighted by Crippen LogP contribution is 2.48. The Morgan fingerprint density at radius 2 is 2.19 bits per heavy atom. The predicted molar refractivity (Wildman–Crippen MR) is 99.7 cm³/mol. The second kappa shape index (κ2) is 7.00. The number of halogens is 2. The Morgan fingerprint density at radius 3 is 2.92 bits per heavy atom. The number of hydrogen-bond acceptors (Lipinski definition) is 5. The van der Waals surface area contributed by atoms with Crippen LogP contribution < -0.4 is 0 Å². The molecule has 134 valence electrons. The second-order valence-electron chi connectivity index (χ2n) is 6.05. The van der Waals surface area contributed by atoms with E-state index in [9.17, 15) is 9.18 Å². The maximum absolute atomic E-state index is 14.0. The fraction of sp³-hybridized carbons (Fsp3) is 0.278. The molecule has 3 heterocycles. The zero-order valence-electron chi connectivity index (χ0n) is 13.9. The zero-order valence-corrected chi connectivity index (χ0v) is 16.3. The molecule has 0 radical (unpaired) electrons. The Morgan fingerprint density at radius 1 is 1.42 bits per heavy atom. The summed E-state index contributed by atoms with van der Waals surface area (Å²) < 4.78 is 21.7. The van der Waals surface area contributed by atoms with Crippen molar-refractivity contribution in [3.05, 3.63) is 46.6 Å². The van der Waals surface area contributed by atoms with Crippen molar-refractivity contribution in [1.82, 2.24) is 14.5 Å². The minimum Gasteiger partial charge on any atom is -0.469 e. The summed E-state index contributed by atoms with van der Waals surface area (Å²) in [5.41, 5.74) is 1.84. The van der Waals surface area contributed by atoms with Gasteiger partial charge in [0.25, 0.3) is 0 Å². The zero-order chi connectivity index (χ0) is 18.3. The maximum atomic E-state index is 14.0. The molecule has 1 aliphatic heterocycles. The van der Waals surface area contributed by atoms with Crippen molar-refractivity contribution < 1.29 is 13.9 Å². The number of esters is 1. The minimum absolute atomic E-state index is 0.0241. The summed E-state index contributed by atoms with van der Waals surface area (Å²) in [5.74, 6) is -0.518. The first-order valence-electron chi connectivity index (χ1n) is 8.11. The predicted octanol–water partition coefficient (Wildman–Crippen LogP) is 4.53. The van der Waals surface area contributed by atoms with Gasteiger partial charge in [-0.15, -0.1) is 0 Å². The van der Waals surface area contributed by atoms with E-state index >= 15 is 0 Å².